The lowest BCUT2D eigenvalue weighted by atomic mass is 9.71. The standard InChI is InChI=1S/C20H28N2O4/c1-3-22(4-2)18(24)15-9-8-10-16(13-15)21-17(23)14-20(19(25)26)11-6-5-7-12-20/h8-10,13H,3-7,11-12,14H2,1-2H3,(H,21,23)(H,25,26). The third kappa shape index (κ3) is 4.62. The van der Waals surface area contributed by atoms with Crippen molar-refractivity contribution in [2.45, 2.75) is 52.4 Å². The van der Waals surface area contributed by atoms with Crippen LogP contribution in [0.15, 0.2) is 24.3 Å². The molecular formula is C20H28N2O4. The Bertz CT molecular complexity index is 662. The van der Waals surface area contributed by atoms with Crippen molar-refractivity contribution in [2.75, 3.05) is 18.4 Å². The van der Waals surface area contributed by atoms with E-state index in [4.69, 9.17) is 0 Å². The number of carbonyl (C=O) groups excluding carboxylic acids is 2. The smallest absolute Gasteiger partial charge is 0.310 e. The normalized spacial score (nSPS) is 15.9. The molecule has 0 spiro atoms. The first-order chi connectivity index (χ1) is 12.4. The van der Waals surface area contributed by atoms with Gasteiger partial charge in [0.25, 0.3) is 5.91 Å². The van der Waals surface area contributed by atoms with Gasteiger partial charge < -0.3 is 15.3 Å². The number of carboxylic acid groups (broad SMARTS) is 1. The average molecular weight is 360 g/mol. The summed E-state index contributed by atoms with van der Waals surface area (Å²) in [5, 5.41) is 12.4. The predicted molar refractivity (Wildman–Crippen MR) is 100 cm³/mol. The van der Waals surface area contributed by atoms with E-state index in [1.165, 1.54) is 0 Å². The molecule has 2 rings (SSSR count). The Kier molecular flexibility index (Phi) is 6.77. The summed E-state index contributed by atoms with van der Waals surface area (Å²) in [5.74, 6) is -1.29. The number of nitrogens with one attached hydrogen (secondary N) is 1. The summed E-state index contributed by atoms with van der Waals surface area (Å²) in [7, 11) is 0. The second-order valence-electron chi connectivity index (χ2n) is 6.93. The van der Waals surface area contributed by atoms with Crippen LogP contribution in [0.3, 0.4) is 0 Å². The van der Waals surface area contributed by atoms with Gasteiger partial charge in [0.1, 0.15) is 0 Å². The third-order valence-electron chi connectivity index (χ3n) is 5.21. The van der Waals surface area contributed by atoms with Gasteiger partial charge in [-0.15, -0.1) is 0 Å². The van der Waals surface area contributed by atoms with Gasteiger partial charge in [-0.05, 0) is 44.9 Å². The number of hydrogen-bond acceptors (Lipinski definition) is 3. The Morgan fingerprint density at radius 3 is 2.35 bits per heavy atom. The second kappa shape index (κ2) is 8.83. The highest BCUT2D eigenvalue weighted by Crippen LogP contribution is 2.39. The first kappa shape index (κ1) is 19.9. The van der Waals surface area contributed by atoms with Gasteiger partial charge in [-0.25, -0.2) is 0 Å². The zero-order valence-electron chi connectivity index (χ0n) is 15.6. The molecule has 1 aliphatic rings. The summed E-state index contributed by atoms with van der Waals surface area (Å²) in [6.07, 6.45) is 3.75. The van der Waals surface area contributed by atoms with E-state index in [-0.39, 0.29) is 18.2 Å². The monoisotopic (exact) mass is 360 g/mol. The molecule has 1 aromatic carbocycles. The van der Waals surface area contributed by atoms with E-state index in [1.807, 2.05) is 13.8 Å². The molecule has 142 valence electrons. The molecule has 0 atom stereocenters. The highest BCUT2D eigenvalue weighted by Gasteiger charge is 2.41. The van der Waals surface area contributed by atoms with Crippen molar-refractivity contribution in [3.63, 3.8) is 0 Å². The first-order valence-corrected chi connectivity index (χ1v) is 9.34. The molecule has 1 fully saturated rings. The summed E-state index contributed by atoms with van der Waals surface area (Å²) in [6.45, 7) is 5.07. The summed E-state index contributed by atoms with van der Waals surface area (Å²) in [6, 6.07) is 6.80. The number of anilines is 1. The summed E-state index contributed by atoms with van der Waals surface area (Å²) < 4.78 is 0. The molecule has 1 aliphatic carbocycles. The SMILES string of the molecule is CCN(CC)C(=O)c1cccc(NC(=O)CC2(C(=O)O)CCCCC2)c1. The van der Waals surface area contributed by atoms with Crippen LogP contribution in [-0.4, -0.2) is 40.9 Å². The van der Waals surface area contributed by atoms with Gasteiger partial charge in [-0.1, -0.05) is 25.3 Å². The minimum absolute atomic E-state index is 0.0312. The number of carbonyl (C=O) groups is 3. The zero-order chi connectivity index (χ0) is 19.2. The number of amides is 2. The van der Waals surface area contributed by atoms with Gasteiger partial charge in [0.2, 0.25) is 5.91 Å². The summed E-state index contributed by atoms with van der Waals surface area (Å²) >= 11 is 0. The number of nitrogens with zero attached hydrogens (tertiary/aromatic N) is 1. The summed E-state index contributed by atoms with van der Waals surface area (Å²) in [5.41, 5.74) is 0.0678. The first-order valence-electron chi connectivity index (χ1n) is 9.34. The third-order valence-corrected chi connectivity index (χ3v) is 5.21. The minimum Gasteiger partial charge on any atom is -0.481 e. The van der Waals surface area contributed by atoms with Crippen LogP contribution in [0.5, 0.6) is 0 Å². The molecule has 2 N–H and O–H groups in total. The maximum Gasteiger partial charge on any atom is 0.310 e. The largest absolute Gasteiger partial charge is 0.481 e. The fraction of sp³-hybridized carbons (Fsp3) is 0.550. The van der Waals surface area contributed by atoms with Crippen molar-refractivity contribution in [2.24, 2.45) is 5.41 Å². The van der Waals surface area contributed by atoms with Crippen LogP contribution in [0.2, 0.25) is 0 Å². The van der Waals surface area contributed by atoms with Gasteiger partial charge in [0, 0.05) is 30.8 Å². The van der Waals surface area contributed by atoms with Crippen LogP contribution in [0.4, 0.5) is 5.69 Å². The molecule has 1 aromatic rings. The van der Waals surface area contributed by atoms with Gasteiger partial charge in [-0.2, -0.15) is 0 Å². The van der Waals surface area contributed by atoms with E-state index in [1.54, 1.807) is 29.2 Å². The Morgan fingerprint density at radius 2 is 1.77 bits per heavy atom. The number of benzene rings is 1. The average Bonchev–Trinajstić information content (AvgIpc) is 2.63. The number of rotatable bonds is 7. The lowest BCUT2D eigenvalue weighted by Crippen LogP contribution is -2.37. The van der Waals surface area contributed by atoms with Gasteiger partial charge in [0.15, 0.2) is 0 Å². The summed E-state index contributed by atoms with van der Waals surface area (Å²) in [4.78, 5) is 38.3. The Balaban J connectivity index is 2.08. The maximum atomic E-state index is 12.4. The van der Waals surface area contributed by atoms with E-state index >= 15 is 0 Å². The predicted octanol–water partition coefficient (Wildman–Crippen LogP) is 3.53. The van der Waals surface area contributed by atoms with Crippen LogP contribution >= 0.6 is 0 Å². The van der Waals surface area contributed by atoms with E-state index in [0.717, 1.165) is 19.3 Å². The topological polar surface area (TPSA) is 86.7 Å². The lowest BCUT2D eigenvalue weighted by molar-refractivity contribution is -0.153. The molecule has 0 aliphatic heterocycles. The number of carboxylic acids is 1. The molecule has 1 saturated carbocycles. The van der Waals surface area contributed by atoms with Crippen LogP contribution in [0.25, 0.3) is 0 Å². The van der Waals surface area contributed by atoms with Crippen LogP contribution in [0.1, 0.15) is 62.7 Å². The van der Waals surface area contributed by atoms with Crippen LogP contribution < -0.4 is 5.32 Å². The number of hydrogen-bond donors (Lipinski definition) is 2. The van der Waals surface area contributed by atoms with Crippen molar-refractivity contribution in [3.05, 3.63) is 29.8 Å². The number of aliphatic carboxylic acids is 1. The highest BCUT2D eigenvalue weighted by molar-refractivity contribution is 5.98. The molecule has 6 nitrogen and oxygen atoms in total. The molecule has 2 amide bonds. The molecule has 0 radical (unpaired) electrons. The van der Waals surface area contributed by atoms with Crippen LogP contribution in [0, 0.1) is 5.41 Å². The van der Waals surface area contributed by atoms with E-state index in [0.29, 0.717) is 37.2 Å². The zero-order valence-corrected chi connectivity index (χ0v) is 15.6. The van der Waals surface area contributed by atoms with Gasteiger partial charge >= 0.3 is 5.97 Å². The molecule has 0 saturated heterocycles. The fourth-order valence-corrected chi connectivity index (χ4v) is 3.63. The van der Waals surface area contributed by atoms with Gasteiger partial charge in [-0.3, -0.25) is 14.4 Å². The molecular weight excluding hydrogens is 332 g/mol. The van der Waals surface area contributed by atoms with Crippen molar-refractivity contribution in [1.29, 1.82) is 0 Å². The Morgan fingerprint density at radius 1 is 1.12 bits per heavy atom. The Labute approximate surface area is 154 Å². The molecule has 0 heterocycles. The molecule has 6 heteroatoms. The second-order valence-corrected chi connectivity index (χ2v) is 6.93. The van der Waals surface area contributed by atoms with Crippen molar-refractivity contribution < 1.29 is 19.5 Å². The van der Waals surface area contributed by atoms with E-state index in [9.17, 15) is 19.5 Å². The highest BCUT2D eigenvalue weighted by atomic mass is 16.4. The van der Waals surface area contributed by atoms with Gasteiger partial charge in [0.05, 0.1) is 5.41 Å². The molecule has 0 bridgehead atoms. The van der Waals surface area contributed by atoms with E-state index in [2.05, 4.69) is 5.32 Å². The quantitative estimate of drug-likeness (QED) is 0.779. The lowest BCUT2D eigenvalue weighted by Gasteiger charge is -2.32. The van der Waals surface area contributed by atoms with Crippen molar-refractivity contribution >= 4 is 23.5 Å². The minimum atomic E-state index is -0.961. The Hall–Kier alpha value is -2.37. The van der Waals surface area contributed by atoms with Crippen molar-refractivity contribution in [1.82, 2.24) is 4.90 Å². The maximum absolute atomic E-state index is 12.4. The molecule has 26 heavy (non-hydrogen) atoms. The van der Waals surface area contributed by atoms with E-state index < -0.39 is 11.4 Å². The van der Waals surface area contributed by atoms with Crippen LogP contribution in [-0.2, 0) is 9.59 Å². The van der Waals surface area contributed by atoms with Crippen molar-refractivity contribution in [3.8, 4) is 0 Å². The molecule has 0 aromatic heterocycles. The molecule has 0 unspecified atom stereocenters. The fourth-order valence-electron chi connectivity index (χ4n) is 3.63.